The zero-order valence-corrected chi connectivity index (χ0v) is 16.8. The fourth-order valence-electron chi connectivity index (χ4n) is 4.29. The highest BCUT2D eigenvalue weighted by Crippen LogP contribution is 2.29. The van der Waals surface area contributed by atoms with Crippen LogP contribution in [0.2, 0.25) is 0 Å². The van der Waals surface area contributed by atoms with Crippen LogP contribution in [-0.4, -0.2) is 71.2 Å². The number of aromatic nitrogens is 2. The molecule has 2 aliphatic heterocycles. The van der Waals surface area contributed by atoms with Crippen molar-refractivity contribution < 1.29 is 8.42 Å². The molecular formula is C18H32N4O2S. The number of hydrogen-bond donors (Lipinski definition) is 0. The molecule has 0 amide bonds. The van der Waals surface area contributed by atoms with Crippen molar-refractivity contribution in [2.75, 3.05) is 31.1 Å². The summed E-state index contributed by atoms with van der Waals surface area (Å²) in [5.41, 5.74) is 2.44. The summed E-state index contributed by atoms with van der Waals surface area (Å²) in [6.07, 6.45) is 3.03. The molecule has 1 aromatic rings. The number of hydrogen-bond acceptors (Lipinski definition) is 5. The highest BCUT2D eigenvalue weighted by Gasteiger charge is 2.46. The van der Waals surface area contributed by atoms with Gasteiger partial charge in [-0.15, -0.1) is 0 Å². The van der Waals surface area contributed by atoms with Crippen molar-refractivity contribution in [1.82, 2.24) is 19.6 Å². The van der Waals surface area contributed by atoms with Gasteiger partial charge >= 0.3 is 0 Å². The van der Waals surface area contributed by atoms with E-state index in [1.807, 2.05) is 6.20 Å². The van der Waals surface area contributed by atoms with Crippen LogP contribution in [0.15, 0.2) is 6.20 Å². The third kappa shape index (κ3) is 4.09. The normalized spacial score (nSPS) is 27.1. The lowest BCUT2D eigenvalue weighted by Crippen LogP contribution is -2.59. The Kier molecular flexibility index (Phi) is 5.56. The summed E-state index contributed by atoms with van der Waals surface area (Å²) in [5, 5.41) is 4.50. The minimum atomic E-state index is -2.94. The summed E-state index contributed by atoms with van der Waals surface area (Å²) in [5.74, 6) is 1.17. The number of fused-ring (bicyclic) bond motifs is 1. The van der Waals surface area contributed by atoms with Gasteiger partial charge in [0.05, 0.1) is 17.7 Å². The van der Waals surface area contributed by atoms with Crippen LogP contribution in [0.25, 0.3) is 0 Å². The standard InChI is InChI=1S/C18H32N4O2S/c1-5-6-22-15(4)16(9-19-22)11-21-8-7-20(10-14(2)3)17-12-25(23,24)13-18(17)21/h9,14,17-18H,5-8,10-13H2,1-4H3/t17-,18+/m1/s1. The number of nitrogens with zero attached hydrogens (tertiary/aromatic N) is 4. The molecule has 1 aromatic heterocycles. The first-order valence-electron chi connectivity index (χ1n) is 9.50. The summed E-state index contributed by atoms with van der Waals surface area (Å²) < 4.78 is 26.7. The zero-order valence-electron chi connectivity index (χ0n) is 16.0. The summed E-state index contributed by atoms with van der Waals surface area (Å²) in [6, 6.07) is 0.263. The van der Waals surface area contributed by atoms with Gasteiger partial charge in [0, 0.05) is 56.1 Å². The van der Waals surface area contributed by atoms with E-state index in [4.69, 9.17) is 0 Å². The van der Waals surface area contributed by atoms with Crippen LogP contribution in [0.5, 0.6) is 0 Å². The Morgan fingerprint density at radius 3 is 2.48 bits per heavy atom. The fourth-order valence-corrected chi connectivity index (χ4v) is 6.33. The molecule has 0 N–H and O–H groups in total. The van der Waals surface area contributed by atoms with Gasteiger partial charge in [-0.3, -0.25) is 14.5 Å². The van der Waals surface area contributed by atoms with Gasteiger partial charge in [-0.2, -0.15) is 5.10 Å². The van der Waals surface area contributed by atoms with Crippen LogP contribution in [-0.2, 0) is 22.9 Å². The molecule has 0 radical (unpaired) electrons. The van der Waals surface area contributed by atoms with E-state index in [9.17, 15) is 8.42 Å². The molecule has 0 bridgehead atoms. The molecule has 3 heterocycles. The molecule has 0 unspecified atom stereocenters. The Hall–Kier alpha value is -0.920. The first-order chi connectivity index (χ1) is 11.8. The van der Waals surface area contributed by atoms with Crippen molar-refractivity contribution in [3.05, 3.63) is 17.5 Å². The number of aryl methyl sites for hydroxylation is 1. The van der Waals surface area contributed by atoms with E-state index in [-0.39, 0.29) is 12.1 Å². The molecule has 2 saturated heterocycles. The van der Waals surface area contributed by atoms with E-state index in [0.29, 0.717) is 17.4 Å². The summed E-state index contributed by atoms with van der Waals surface area (Å²) in [6.45, 7) is 13.3. The van der Waals surface area contributed by atoms with Crippen molar-refractivity contribution in [3.63, 3.8) is 0 Å². The van der Waals surface area contributed by atoms with Gasteiger partial charge in [0.1, 0.15) is 0 Å². The largest absolute Gasteiger partial charge is 0.296 e. The molecule has 3 rings (SSSR count). The van der Waals surface area contributed by atoms with Crippen molar-refractivity contribution in [2.24, 2.45) is 5.92 Å². The quantitative estimate of drug-likeness (QED) is 0.762. The van der Waals surface area contributed by atoms with Gasteiger partial charge in [-0.05, 0) is 19.3 Å². The molecule has 25 heavy (non-hydrogen) atoms. The van der Waals surface area contributed by atoms with Crippen LogP contribution in [0.1, 0.15) is 38.4 Å². The topological polar surface area (TPSA) is 58.4 Å². The third-order valence-corrected chi connectivity index (χ3v) is 7.22. The Bertz CT molecular complexity index is 698. The van der Waals surface area contributed by atoms with Gasteiger partial charge in [-0.1, -0.05) is 20.8 Å². The predicted octanol–water partition coefficient (Wildman–Crippen LogP) is 1.54. The predicted molar refractivity (Wildman–Crippen MR) is 100 cm³/mol. The van der Waals surface area contributed by atoms with Crippen LogP contribution in [0.3, 0.4) is 0 Å². The molecule has 6 nitrogen and oxygen atoms in total. The van der Waals surface area contributed by atoms with Crippen molar-refractivity contribution >= 4 is 9.84 Å². The van der Waals surface area contributed by atoms with Crippen LogP contribution >= 0.6 is 0 Å². The number of sulfone groups is 1. The molecule has 0 saturated carbocycles. The van der Waals surface area contributed by atoms with Crippen molar-refractivity contribution in [1.29, 1.82) is 0 Å². The van der Waals surface area contributed by atoms with E-state index >= 15 is 0 Å². The average molecular weight is 369 g/mol. The molecule has 2 aliphatic rings. The molecule has 2 fully saturated rings. The Balaban J connectivity index is 1.77. The molecular weight excluding hydrogens is 336 g/mol. The maximum absolute atomic E-state index is 12.3. The fraction of sp³-hybridized carbons (Fsp3) is 0.833. The van der Waals surface area contributed by atoms with Gasteiger partial charge < -0.3 is 0 Å². The minimum Gasteiger partial charge on any atom is -0.296 e. The maximum atomic E-state index is 12.3. The van der Waals surface area contributed by atoms with Crippen LogP contribution in [0, 0.1) is 12.8 Å². The van der Waals surface area contributed by atoms with E-state index in [0.717, 1.165) is 39.1 Å². The monoisotopic (exact) mass is 368 g/mol. The van der Waals surface area contributed by atoms with Gasteiger partial charge in [0.2, 0.25) is 0 Å². The summed E-state index contributed by atoms with van der Waals surface area (Å²) in [7, 11) is -2.94. The first-order valence-corrected chi connectivity index (χ1v) is 11.3. The van der Waals surface area contributed by atoms with Gasteiger partial charge in [0.15, 0.2) is 9.84 Å². The highest BCUT2D eigenvalue weighted by molar-refractivity contribution is 7.91. The van der Waals surface area contributed by atoms with Gasteiger partial charge in [-0.25, -0.2) is 8.42 Å². The Morgan fingerprint density at radius 1 is 1.20 bits per heavy atom. The van der Waals surface area contributed by atoms with E-state index in [1.54, 1.807) is 0 Å². The number of piperazine rings is 1. The molecule has 0 spiro atoms. The van der Waals surface area contributed by atoms with E-state index in [1.165, 1.54) is 11.3 Å². The van der Waals surface area contributed by atoms with E-state index in [2.05, 4.69) is 47.3 Å². The Labute approximate surface area is 152 Å². The van der Waals surface area contributed by atoms with Crippen molar-refractivity contribution in [3.8, 4) is 0 Å². The van der Waals surface area contributed by atoms with Crippen LogP contribution in [0.4, 0.5) is 0 Å². The lowest BCUT2D eigenvalue weighted by molar-refractivity contribution is 0.0336. The molecule has 2 atom stereocenters. The SMILES string of the molecule is CCCn1ncc(CN2CCN(CC(C)C)[C@@H]3CS(=O)(=O)C[C@@H]32)c1C. The summed E-state index contributed by atoms with van der Waals surface area (Å²) >= 11 is 0. The molecule has 142 valence electrons. The highest BCUT2D eigenvalue weighted by atomic mass is 32.2. The average Bonchev–Trinajstić information content (AvgIpc) is 3.03. The smallest absolute Gasteiger partial charge is 0.153 e. The summed E-state index contributed by atoms with van der Waals surface area (Å²) in [4.78, 5) is 4.79. The molecule has 0 aliphatic carbocycles. The lowest BCUT2D eigenvalue weighted by atomic mass is 10.0. The minimum absolute atomic E-state index is 0.117. The molecule has 7 heteroatoms. The third-order valence-electron chi connectivity index (χ3n) is 5.52. The Morgan fingerprint density at radius 2 is 1.84 bits per heavy atom. The zero-order chi connectivity index (χ0) is 18.2. The first kappa shape index (κ1) is 18.9. The number of rotatable bonds is 6. The maximum Gasteiger partial charge on any atom is 0.153 e. The van der Waals surface area contributed by atoms with Crippen molar-refractivity contribution in [2.45, 2.75) is 59.3 Å². The lowest BCUT2D eigenvalue weighted by Gasteiger charge is -2.44. The second kappa shape index (κ2) is 7.37. The second-order valence-electron chi connectivity index (χ2n) is 8.05. The second-order valence-corrected chi connectivity index (χ2v) is 10.2. The van der Waals surface area contributed by atoms with E-state index < -0.39 is 9.84 Å². The van der Waals surface area contributed by atoms with Gasteiger partial charge in [0.25, 0.3) is 0 Å². The molecule has 0 aromatic carbocycles. The van der Waals surface area contributed by atoms with Crippen LogP contribution < -0.4 is 0 Å².